The minimum absolute atomic E-state index is 0.163. The predicted molar refractivity (Wildman–Crippen MR) is 87.4 cm³/mol. The van der Waals surface area contributed by atoms with Gasteiger partial charge in [0.15, 0.2) is 0 Å². The Bertz CT molecular complexity index is 629. The van der Waals surface area contributed by atoms with Crippen molar-refractivity contribution in [2.45, 2.75) is 38.8 Å². The summed E-state index contributed by atoms with van der Waals surface area (Å²) in [5, 5.41) is 0. The van der Waals surface area contributed by atoms with Crippen LogP contribution in [0.2, 0.25) is 0 Å². The Balaban J connectivity index is 2.01. The molecular weight excluding hydrogens is 258 g/mol. The molecule has 0 bridgehead atoms. The molecule has 3 nitrogen and oxygen atoms in total. The minimum Gasteiger partial charge on any atom is -0.358 e. The molecule has 3 rings (SSSR count). The highest BCUT2D eigenvalue weighted by molar-refractivity contribution is 5.54. The smallest absolute Gasteiger partial charge is 0.0672 e. The van der Waals surface area contributed by atoms with Gasteiger partial charge in [0, 0.05) is 19.3 Å². The molecule has 0 saturated carbocycles. The van der Waals surface area contributed by atoms with Crippen LogP contribution in [0, 0.1) is 0 Å². The van der Waals surface area contributed by atoms with Gasteiger partial charge < -0.3 is 10.6 Å². The zero-order valence-corrected chi connectivity index (χ0v) is 13.0. The summed E-state index contributed by atoms with van der Waals surface area (Å²) in [5.74, 6) is 0. The van der Waals surface area contributed by atoms with Gasteiger partial charge in [0.05, 0.1) is 17.9 Å². The number of hydrogen-bond acceptors (Lipinski definition) is 3. The van der Waals surface area contributed by atoms with Crippen molar-refractivity contribution >= 4 is 5.69 Å². The van der Waals surface area contributed by atoms with Crippen molar-refractivity contribution in [2.24, 2.45) is 5.73 Å². The van der Waals surface area contributed by atoms with E-state index in [0.29, 0.717) is 6.54 Å². The summed E-state index contributed by atoms with van der Waals surface area (Å²) < 4.78 is 0. The van der Waals surface area contributed by atoms with E-state index in [2.05, 4.69) is 54.9 Å². The molecule has 2 heterocycles. The van der Waals surface area contributed by atoms with E-state index in [-0.39, 0.29) is 11.5 Å². The van der Waals surface area contributed by atoms with E-state index in [4.69, 9.17) is 5.73 Å². The molecule has 1 atom stereocenters. The molecule has 0 radical (unpaired) electrons. The van der Waals surface area contributed by atoms with Crippen LogP contribution < -0.4 is 10.6 Å². The first-order chi connectivity index (χ1) is 10.0. The van der Waals surface area contributed by atoms with Crippen LogP contribution in [0.5, 0.6) is 0 Å². The summed E-state index contributed by atoms with van der Waals surface area (Å²) >= 11 is 0. The van der Waals surface area contributed by atoms with E-state index in [1.54, 1.807) is 0 Å². The Morgan fingerprint density at radius 3 is 2.71 bits per heavy atom. The molecule has 1 aromatic heterocycles. The zero-order valence-electron chi connectivity index (χ0n) is 13.0. The summed E-state index contributed by atoms with van der Waals surface area (Å²) in [6, 6.07) is 11.2. The van der Waals surface area contributed by atoms with Gasteiger partial charge in [-0.15, -0.1) is 0 Å². The monoisotopic (exact) mass is 281 g/mol. The predicted octanol–water partition coefficient (Wildman–Crippen LogP) is 3.40. The molecule has 21 heavy (non-hydrogen) atoms. The van der Waals surface area contributed by atoms with Crippen molar-refractivity contribution in [1.82, 2.24) is 4.98 Å². The van der Waals surface area contributed by atoms with Crippen LogP contribution in [0.25, 0.3) is 0 Å². The maximum absolute atomic E-state index is 6.07. The molecule has 1 aromatic carbocycles. The summed E-state index contributed by atoms with van der Waals surface area (Å²) in [7, 11) is 0. The fourth-order valence-electron chi connectivity index (χ4n) is 3.03. The summed E-state index contributed by atoms with van der Waals surface area (Å²) in [6.07, 6.45) is 3.72. The van der Waals surface area contributed by atoms with Gasteiger partial charge in [-0.3, -0.25) is 4.98 Å². The van der Waals surface area contributed by atoms with E-state index in [1.165, 1.54) is 16.7 Å². The topological polar surface area (TPSA) is 42.1 Å². The highest BCUT2D eigenvalue weighted by Crippen LogP contribution is 2.38. The quantitative estimate of drug-likeness (QED) is 0.917. The molecule has 0 fully saturated rings. The molecule has 1 aliphatic heterocycles. The lowest BCUT2D eigenvalue weighted by Crippen LogP contribution is -2.27. The van der Waals surface area contributed by atoms with Crippen molar-refractivity contribution in [3.8, 4) is 0 Å². The van der Waals surface area contributed by atoms with Crippen molar-refractivity contribution in [3.05, 3.63) is 59.4 Å². The van der Waals surface area contributed by atoms with E-state index in [0.717, 1.165) is 12.2 Å². The molecule has 1 unspecified atom stereocenters. The molecule has 2 N–H and O–H groups in total. The number of nitrogens with two attached hydrogens (primary N) is 1. The van der Waals surface area contributed by atoms with E-state index >= 15 is 0 Å². The van der Waals surface area contributed by atoms with Crippen LogP contribution >= 0.6 is 0 Å². The fraction of sp³-hybridized carbons (Fsp3) is 0.389. The Labute approximate surface area is 126 Å². The Morgan fingerprint density at radius 2 is 2.10 bits per heavy atom. The third kappa shape index (κ3) is 2.54. The second-order valence-corrected chi connectivity index (χ2v) is 6.75. The van der Waals surface area contributed by atoms with Gasteiger partial charge in [-0.25, -0.2) is 0 Å². The second-order valence-electron chi connectivity index (χ2n) is 6.75. The van der Waals surface area contributed by atoms with Crippen LogP contribution in [0.4, 0.5) is 5.69 Å². The van der Waals surface area contributed by atoms with Crippen molar-refractivity contribution in [2.75, 3.05) is 11.4 Å². The standard InChI is InChI=1S/C18H23N3/c1-18(2,3)14-7-6-13-12-21(15-5-4-8-20-11-15)17(10-19)16(13)9-14/h4-9,11,17H,10,12,19H2,1-3H3. The third-order valence-electron chi connectivity index (χ3n) is 4.29. The molecule has 110 valence electrons. The highest BCUT2D eigenvalue weighted by Gasteiger charge is 2.30. The maximum Gasteiger partial charge on any atom is 0.0672 e. The molecule has 0 aliphatic carbocycles. The lowest BCUT2D eigenvalue weighted by atomic mass is 9.85. The van der Waals surface area contributed by atoms with E-state index in [9.17, 15) is 0 Å². The zero-order chi connectivity index (χ0) is 15.0. The summed E-state index contributed by atoms with van der Waals surface area (Å²) in [5.41, 5.74) is 11.5. The SMILES string of the molecule is CC(C)(C)c1ccc2c(c1)C(CN)N(c1cccnc1)C2. The Kier molecular flexibility index (Phi) is 3.46. The molecule has 1 aliphatic rings. The number of fused-ring (bicyclic) bond motifs is 1. The molecule has 2 aromatic rings. The number of hydrogen-bond donors (Lipinski definition) is 1. The van der Waals surface area contributed by atoms with Gasteiger partial charge in [-0.2, -0.15) is 0 Å². The lowest BCUT2D eigenvalue weighted by molar-refractivity contribution is 0.588. The third-order valence-corrected chi connectivity index (χ3v) is 4.29. The Hall–Kier alpha value is -1.87. The molecule has 3 heteroatoms. The van der Waals surface area contributed by atoms with E-state index in [1.807, 2.05) is 18.5 Å². The van der Waals surface area contributed by atoms with Gasteiger partial charge >= 0.3 is 0 Å². The van der Waals surface area contributed by atoms with Crippen LogP contribution in [0.1, 0.15) is 43.5 Å². The fourth-order valence-corrected chi connectivity index (χ4v) is 3.03. The van der Waals surface area contributed by atoms with Gasteiger partial charge in [0.1, 0.15) is 0 Å². The van der Waals surface area contributed by atoms with Crippen LogP contribution in [0.15, 0.2) is 42.7 Å². The van der Waals surface area contributed by atoms with Gasteiger partial charge in [0.25, 0.3) is 0 Å². The van der Waals surface area contributed by atoms with Crippen LogP contribution in [-0.2, 0) is 12.0 Å². The number of pyridine rings is 1. The van der Waals surface area contributed by atoms with Gasteiger partial charge in [0.2, 0.25) is 0 Å². The lowest BCUT2D eigenvalue weighted by Gasteiger charge is -2.26. The number of rotatable bonds is 2. The average Bonchev–Trinajstić information content (AvgIpc) is 2.84. The van der Waals surface area contributed by atoms with Crippen LogP contribution in [0.3, 0.4) is 0 Å². The largest absolute Gasteiger partial charge is 0.358 e. The molecular formula is C18H23N3. The van der Waals surface area contributed by atoms with Crippen molar-refractivity contribution in [1.29, 1.82) is 0 Å². The first-order valence-corrected chi connectivity index (χ1v) is 7.51. The first kappa shape index (κ1) is 14.1. The average molecular weight is 281 g/mol. The van der Waals surface area contributed by atoms with Crippen LogP contribution in [-0.4, -0.2) is 11.5 Å². The number of aromatic nitrogens is 1. The van der Waals surface area contributed by atoms with Crippen molar-refractivity contribution < 1.29 is 0 Å². The highest BCUT2D eigenvalue weighted by atomic mass is 15.2. The summed E-state index contributed by atoms with van der Waals surface area (Å²) in [4.78, 5) is 6.59. The second kappa shape index (κ2) is 5.15. The Morgan fingerprint density at radius 1 is 1.29 bits per heavy atom. The summed E-state index contributed by atoms with van der Waals surface area (Å²) in [6.45, 7) is 8.28. The molecule has 0 saturated heterocycles. The van der Waals surface area contributed by atoms with Gasteiger partial charge in [-0.1, -0.05) is 39.0 Å². The van der Waals surface area contributed by atoms with Crippen molar-refractivity contribution in [3.63, 3.8) is 0 Å². The normalized spacial score (nSPS) is 17.9. The minimum atomic E-state index is 0.163. The number of nitrogens with zero attached hydrogens (tertiary/aromatic N) is 2. The first-order valence-electron chi connectivity index (χ1n) is 7.51. The molecule has 0 amide bonds. The number of benzene rings is 1. The van der Waals surface area contributed by atoms with E-state index < -0.39 is 0 Å². The number of anilines is 1. The maximum atomic E-state index is 6.07. The van der Waals surface area contributed by atoms with Gasteiger partial charge in [-0.05, 0) is 34.2 Å². The molecule has 0 spiro atoms.